The molecule has 0 saturated carbocycles. The van der Waals surface area contributed by atoms with Gasteiger partial charge in [0.1, 0.15) is 11.4 Å². The number of anilines is 1. The maximum atomic E-state index is 11.0. The number of nitrogens with one attached hydrogen (secondary N) is 1. The predicted octanol–water partition coefficient (Wildman–Crippen LogP) is 3.12. The summed E-state index contributed by atoms with van der Waals surface area (Å²) in [6, 6.07) is 10.7. The van der Waals surface area contributed by atoms with E-state index in [1.807, 2.05) is 18.2 Å². The van der Waals surface area contributed by atoms with Gasteiger partial charge in [0.05, 0.1) is 23.0 Å². The fourth-order valence-corrected chi connectivity index (χ4v) is 1.97. The Labute approximate surface area is 125 Å². The first kappa shape index (κ1) is 15.2. The molecule has 0 heterocycles. The van der Waals surface area contributed by atoms with Gasteiger partial charge in [0, 0.05) is 18.2 Å². The summed E-state index contributed by atoms with van der Waals surface area (Å²) in [6.07, 6.45) is 0. The summed E-state index contributed by atoms with van der Waals surface area (Å²) in [6.45, 7) is 0.294. The number of nitro groups is 2. The van der Waals surface area contributed by atoms with Crippen molar-refractivity contribution in [2.75, 3.05) is 12.4 Å². The number of hydrogen-bond acceptors (Lipinski definition) is 6. The van der Waals surface area contributed by atoms with Gasteiger partial charge in [0.2, 0.25) is 0 Å². The van der Waals surface area contributed by atoms with Crippen LogP contribution in [0.1, 0.15) is 5.56 Å². The van der Waals surface area contributed by atoms with E-state index in [-0.39, 0.29) is 17.1 Å². The van der Waals surface area contributed by atoms with Gasteiger partial charge < -0.3 is 10.1 Å². The number of methoxy groups -OCH3 is 1. The van der Waals surface area contributed by atoms with Gasteiger partial charge in [-0.15, -0.1) is 0 Å². The van der Waals surface area contributed by atoms with E-state index in [2.05, 4.69) is 5.32 Å². The zero-order valence-corrected chi connectivity index (χ0v) is 11.7. The molecule has 0 aromatic heterocycles. The maximum absolute atomic E-state index is 11.0. The van der Waals surface area contributed by atoms with Crippen LogP contribution in [0.25, 0.3) is 0 Å². The van der Waals surface area contributed by atoms with Gasteiger partial charge in [-0.3, -0.25) is 20.2 Å². The van der Waals surface area contributed by atoms with Crippen LogP contribution in [0, 0.1) is 20.2 Å². The largest absolute Gasteiger partial charge is 0.496 e. The second kappa shape index (κ2) is 6.53. The molecule has 114 valence electrons. The highest BCUT2D eigenvalue weighted by Crippen LogP contribution is 2.30. The highest BCUT2D eigenvalue weighted by atomic mass is 16.6. The Balaban J connectivity index is 2.26. The molecule has 0 unspecified atom stereocenters. The van der Waals surface area contributed by atoms with E-state index >= 15 is 0 Å². The molecule has 0 aliphatic carbocycles. The fraction of sp³-hybridized carbons (Fsp3) is 0.143. The van der Waals surface area contributed by atoms with Gasteiger partial charge >= 0.3 is 0 Å². The van der Waals surface area contributed by atoms with Crippen molar-refractivity contribution in [1.29, 1.82) is 0 Å². The topological polar surface area (TPSA) is 108 Å². The molecule has 1 N–H and O–H groups in total. The molecule has 2 aromatic carbocycles. The molecule has 0 atom stereocenters. The first-order chi connectivity index (χ1) is 10.5. The van der Waals surface area contributed by atoms with Crippen molar-refractivity contribution in [3.8, 4) is 5.75 Å². The van der Waals surface area contributed by atoms with E-state index in [0.29, 0.717) is 12.3 Å². The zero-order valence-electron chi connectivity index (χ0n) is 11.7. The third-order valence-corrected chi connectivity index (χ3v) is 3.05. The lowest BCUT2D eigenvalue weighted by atomic mass is 10.2. The smallest absolute Gasteiger partial charge is 0.299 e. The van der Waals surface area contributed by atoms with Crippen molar-refractivity contribution < 1.29 is 14.6 Å². The van der Waals surface area contributed by atoms with Gasteiger partial charge in [0.25, 0.3) is 11.4 Å². The lowest BCUT2D eigenvalue weighted by Crippen LogP contribution is -2.04. The molecule has 8 nitrogen and oxygen atoms in total. The minimum absolute atomic E-state index is 0.210. The molecule has 0 bridgehead atoms. The summed E-state index contributed by atoms with van der Waals surface area (Å²) in [5, 5.41) is 24.7. The second-order valence-electron chi connectivity index (χ2n) is 4.38. The van der Waals surface area contributed by atoms with E-state index < -0.39 is 9.85 Å². The van der Waals surface area contributed by atoms with Gasteiger partial charge in [-0.25, -0.2) is 0 Å². The molecule has 0 aliphatic heterocycles. The Morgan fingerprint density at radius 1 is 1.09 bits per heavy atom. The van der Waals surface area contributed by atoms with E-state index in [1.54, 1.807) is 6.07 Å². The van der Waals surface area contributed by atoms with Gasteiger partial charge in [0.15, 0.2) is 0 Å². The zero-order chi connectivity index (χ0) is 16.1. The van der Waals surface area contributed by atoms with E-state index in [9.17, 15) is 20.2 Å². The monoisotopic (exact) mass is 303 g/mol. The highest BCUT2D eigenvalue weighted by Gasteiger charge is 2.19. The van der Waals surface area contributed by atoms with Crippen molar-refractivity contribution in [3.63, 3.8) is 0 Å². The molecule has 2 aromatic rings. The molecule has 0 spiro atoms. The van der Waals surface area contributed by atoms with Crippen molar-refractivity contribution in [2.45, 2.75) is 6.54 Å². The van der Waals surface area contributed by atoms with Crippen molar-refractivity contribution >= 4 is 17.1 Å². The lowest BCUT2D eigenvalue weighted by Gasteiger charge is -2.10. The molecular formula is C14H13N3O5. The minimum atomic E-state index is -0.670. The van der Waals surface area contributed by atoms with Gasteiger partial charge in [-0.05, 0) is 12.1 Å². The Morgan fingerprint density at radius 3 is 2.45 bits per heavy atom. The summed E-state index contributed by atoms with van der Waals surface area (Å²) >= 11 is 0. The molecule has 0 fully saturated rings. The summed E-state index contributed by atoms with van der Waals surface area (Å²) in [4.78, 5) is 20.4. The van der Waals surface area contributed by atoms with Crippen LogP contribution in [0.15, 0.2) is 42.5 Å². The number of nitro benzene ring substituents is 2. The Hall–Kier alpha value is -3.16. The maximum Gasteiger partial charge on any atom is 0.299 e. The van der Waals surface area contributed by atoms with Gasteiger partial charge in [-0.2, -0.15) is 0 Å². The number of rotatable bonds is 6. The minimum Gasteiger partial charge on any atom is -0.496 e. The van der Waals surface area contributed by atoms with Gasteiger partial charge in [-0.1, -0.05) is 18.2 Å². The highest BCUT2D eigenvalue weighted by molar-refractivity contribution is 5.65. The van der Waals surface area contributed by atoms with E-state index in [1.165, 1.54) is 19.2 Å². The van der Waals surface area contributed by atoms with Crippen LogP contribution in [0.2, 0.25) is 0 Å². The predicted molar refractivity (Wildman–Crippen MR) is 80.1 cm³/mol. The normalized spacial score (nSPS) is 10.0. The number of nitrogens with zero attached hydrogens (tertiary/aromatic N) is 2. The third kappa shape index (κ3) is 3.29. The van der Waals surface area contributed by atoms with E-state index in [0.717, 1.165) is 11.6 Å². The van der Waals surface area contributed by atoms with Crippen molar-refractivity contribution in [2.24, 2.45) is 0 Å². The van der Waals surface area contributed by atoms with Crippen LogP contribution in [0.3, 0.4) is 0 Å². The fourth-order valence-electron chi connectivity index (χ4n) is 1.97. The number of para-hydroxylation sites is 1. The molecule has 8 heteroatoms. The Kier molecular flexibility index (Phi) is 4.52. The number of non-ortho nitro benzene ring substituents is 1. The molecule has 0 radical (unpaired) electrons. The summed E-state index contributed by atoms with van der Waals surface area (Å²) < 4.78 is 5.20. The summed E-state index contributed by atoms with van der Waals surface area (Å²) in [5.74, 6) is 0.652. The molecule has 0 saturated heterocycles. The molecule has 0 amide bonds. The number of hydrogen-bond donors (Lipinski definition) is 1. The average molecular weight is 303 g/mol. The van der Waals surface area contributed by atoms with Crippen LogP contribution in [0.4, 0.5) is 17.1 Å². The van der Waals surface area contributed by atoms with Crippen molar-refractivity contribution in [3.05, 3.63) is 68.3 Å². The summed E-state index contributed by atoms with van der Waals surface area (Å²) in [5.41, 5.74) is 0.359. The molecule has 2 rings (SSSR count). The van der Waals surface area contributed by atoms with Crippen LogP contribution in [-0.2, 0) is 6.54 Å². The SMILES string of the molecule is COc1ccccc1CNc1ccc([N+](=O)[O-])cc1[N+](=O)[O-]. The van der Waals surface area contributed by atoms with Crippen LogP contribution < -0.4 is 10.1 Å². The second-order valence-corrected chi connectivity index (χ2v) is 4.38. The third-order valence-electron chi connectivity index (χ3n) is 3.05. The van der Waals surface area contributed by atoms with Crippen molar-refractivity contribution in [1.82, 2.24) is 0 Å². The summed E-state index contributed by atoms with van der Waals surface area (Å²) in [7, 11) is 1.53. The first-order valence-electron chi connectivity index (χ1n) is 6.31. The number of ether oxygens (including phenoxy) is 1. The van der Waals surface area contributed by atoms with Crippen LogP contribution in [0.5, 0.6) is 5.75 Å². The van der Waals surface area contributed by atoms with E-state index in [4.69, 9.17) is 4.74 Å². The van der Waals surface area contributed by atoms with Crippen LogP contribution >= 0.6 is 0 Å². The van der Waals surface area contributed by atoms with Crippen LogP contribution in [-0.4, -0.2) is 17.0 Å². The first-order valence-corrected chi connectivity index (χ1v) is 6.31. The Morgan fingerprint density at radius 2 is 1.82 bits per heavy atom. The lowest BCUT2D eigenvalue weighted by molar-refractivity contribution is -0.393. The quantitative estimate of drug-likeness (QED) is 0.648. The molecule has 0 aliphatic rings. The number of benzene rings is 2. The molecular weight excluding hydrogens is 290 g/mol. The average Bonchev–Trinajstić information content (AvgIpc) is 2.52. The Bertz CT molecular complexity index is 717. The standard InChI is InChI=1S/C14H13N3O5/c1-22-14-5-3-2-4-10(14)9-15-12-7-6-11(16(18)19)8-13(12)17(20)21/h2-8,15H,9H2,1H3. The molecule has 22 heavy (non-hydrogen) atoms.